The number of carbonyl (C=O) groups is 1. The normalized spacial score (nSPS) is 11.4. The highest BCUT2D eigenvalue weighted by atomic mass is 79.9. The summed E-state index contributed by atoms with van der Waals surface area (Å²) in [7, 11) is 0. The van der Waals surface area contributed by atoms with Gasteiger partial charge in [-0.15, -0.1) is 0 Å². The number of amides is 1. The molecule has 0 saturated heterocycles. The molecule has 2 N–H and O–H groups in total. The van der Waals surface area contributed by atoms with Crippen molar-refractivity contribution in [1.82, 2.24) is 15.2 Å². The summed E-state index contributed by atoms with van der Waals surface area (Å²) in [6.45, 7) is 1.70. The predicted molar refractivity (Wildman–Crippen MR) is 125 cm³/mol. The van der Waals surface area contributed by atoms with Gasteiger partial charge in [0.1, 0.15) is 11.5 Å². The number of rotatable bonds is 5. The number of hydrazone groups is 1. The summed E-state index contributed by atoms with van der Waals surface area (Å²) in [6.07, 6.45) is 0. The van der Waals surface area contributed by atoms with Crippen molar-refractivity contribution in [3.63, 3.8) is 0 Å². The molecule has 0 bridgehead atoms. The van der Waals surface area contributed by atoms with Gasteiger partial charge in [-0.25, -0.2) is 14.5 Å². The van der Waals surface area contributed by atoms with Crippen molar-refractivity contribution >= 4 is 27.5 Å². The van der Waals surface area contributed by atoms with E-state index < -0.39 is 17.3 Å². The topological polar surface area (TPSA) is 79.2 Å². The highest BCUT2D eigenvalue weighted by Gasteiger charge is 2.22. The average molecular weight is 493 g/mol. The van der Waals surface area contributed by atoms with E-state index in [1.165, 1.54) is 16.8 Å². The fraction of sp³-hybridized carbons (Fsp3) is 0.0417. The monoisotopic (exact) mass is 492 g/mol. The Morgan fingerprint density at radius 1 is 1.03 bits per heavy atom. The molecule has 6 nitrogen and oxygen atoms in total. The molecule has 4 rings (SSSR count). The number of para-hydroxylation sites is 1. The first kappa shape index (κ1) is 21.5. The SMILES string of the molecule is Cc1[nH]n(-c2ccccc2)c(=O)c1/C(=N/NC(=O)c1cccc(Br)c1)c1ccccc1F. The van der Waals surface area contributed by atoms with Crippen LogP contribution in [0.2, 0.25) is 0 Å². The second-order valence-corrected chi connectivity index (χ2v) is 7.90. The minimum Gasteiger partial charge on any atom is -0.295 e. The third-order valence-electron chi connectivity index (χ3n) is 4.81. The zero-order valence-electron chi connectivity index (χ0n) is 17.0. The van der Waals surface area contributed by atoms with Crippen LogP contribution in [0.5, 0.6) is 0 Å². The number of aromatic nitrogens is 2. The summed E-state index contributed by atoms with van der Waals surface area (Å²) in [5.41, 5.74) is 3.80. The van der Waals surface area contributed by atoms with Crippen LogP contribution in [-0.4, -0.2) is 21.4 Å². The van der Waals surface area contributed by atoms with E-state index in [2.05, 4.69) is 31.6 Å². The van der Waals surface area contributed by atoms with Gasteiger partial charge in [0, 0.05) is 21.3 Å². The van der Waals surface area contributed by atoms with Gasteiger partial charge in [0.05, 0.1) is 11.3 Å². The van der Waals surface area contributed by atoms with Crippen LogP contribution < -0.4 is 11.0 Å². The lowest BCUT2D eigenvalue weighted by atomic mass is 10.0. The Labute approximate surface area is 191 Å². The smallest absolute Gasteiger partial charge is 0.281 e. The Kier molecular flexibility index (Phi) is 6.13. The Balaban J connectivity index is 1.82. The van der Waals surface area contributed by atoms with Gasteiger partial charge in [-0.2, -0.15) is 5.10 Å². The molecule has 0 aliphatic heterocycles. The summed E-state index contributed by atoms with van der Waals surface area (Å²) in [4.78, 5) is 25.9. The molecule has 1 aromatic heterocycles. The molecule has 0 spiro atoms. The minimum absolute atomic E-state index is 0.0277. The first-order valence-electron chi connectivity index (χ1n) is 9.71. The number of aryl methyl sites for hydroxylation is 1. The molecule has 0 radical (unpaired) electrons. The van der Waals surface area contributed by atoms with Crippen LogP contribution in [0.15, 0.2) is 93.2 Å². The van der Waals surface area contributed by atoms with Crippen molar-refractivity contribution in [2.75, 3.05) is 0 Å². The number of nitrogens with one attached hydrogen (secondary N) is 2. The van der Waals surface area contributed by atoms with Crippen LogP contribution in [0.3, 0.4) is 0 Å². The van der Waals surface area contributed by atoms with E-state index in [-0.39, 0.29) is 16.8 Å². The predicted octanol–water partition coefficient (Wildman–Crippen LogP) is 4.56. The molecule has 0 aliphatic rings. The maximum absolute atomic E-state index is 14.7. The number of carbonyl (C=O) groups excluding carboxylic acids is 1. The van der Waals surface area contributed by atoms with Crippen LogP contribution in [0.25, 0.3) is 5.69 Å². The van der Waals surface area contributed by atoms with Crippen molar-refractivity contribution in [2.24, 2.45) is 5.10 Å². The first-order valence-corrected chi connectivity index (χ1v) is 10.5. The maximum atomic E-state index is 14.7. The number of halogens is 2. The molecule has 1 amide bonds. The van der Waals surface area contributed by atoms with Crippen molar-refractivity contribution in [2.45, 2.75) is 6.92 Å². The van der Waals surface area contributed by atoms with Gasteiger partial charge in [0.25, 0.3) is 11.5 Å². The molecule has 0 atom stereocenters. The molecule has 0 saturated carbocycles. The molecule has 160 valence electrons. The first-order chi connectivity index (χ1) is 15.5. The third-order valence-corrected chi connectivity index (χ3v) is 5.30. The Bertz CT molecular complexity index is 1380. The molecule has 0 unspecified atom stereocenters. The van der Waals surface area contributed by atoms with Crippen molar-refractivity contribution in [3.05, 3.63) is 122 Å². The van der Waals surface area contributed by atoms with Crippen molar-refractivity contribution in [1.29, 1.82) is 0 Å². The second kappa shape index (κ2) is 9.15. The molecule has 3 aromatic carbocycles. The number of benzene rings is 3. The summed E-state index contributed by atoms with van der Waals surface area (Å²) in [5, 5.41) is 7.20. The molecular formula is C24H18BrFN4O2. The van der Waals surface area contributed by atoms with Gasteiger partial charge < -0.3 is 0 Å². The third kappa shape index (κ3) is 4.31. The summed E-state index contributed by atoms with van der Waals surface area (Å²) in [6, 6.07) is 21.8. The van der Waals surface area contributed by atoms with E-state index in [0.29, 0.717) is 16.9 Å². The van der Waals surface area contributed by atoms with Gasteiger partial charge >= 0.3 is 0 Å². The molecule has 8 heteroatoms. The van der Waals surface area contributed by atoms with Crippen LogP contribution in [0.4, 0.5) is 4.39 Å². The summed E-state index contributed by atoms with van der Waals surface area (Å²) < 4.78 is 16.8. The van der Waals surface area contributed by atoms with E-state index in [4.69, 9.17) is 0 Å². The fourth-order valence-electron chi connectivity index (χ4n) is 3.29. The van der Waals surface area contributed by atoms with E-state index in [1.807, 2.05) is 18.2 Å². The van der Waals surface area contributed by atoms with E-state index in [1.54, 1.807) is 55.5 Å². The van der Waals surface area contributed by atoms with Crippen LogP contribution >= 0.6 is 15.9 Å². The van der Waals surface area contributed by atoms with Crippen molar-refractivity contribution < 1.29 is 9.18 Å². The fourth-order valence-corrected chi connectivity index (χ4v) is 3.69. The highest BCUT2D eigenvalue weighted by Crippen LogP contribution is 2.16. The minimum atomic E-state index is -0.561. The standard InChI is InChI=1S/C24H18BrFN4O2/c1-15-21(24(32)30(29-15)18-10-3-2-4-11-18)22(19-12-5-6-13-20(19)26)27-28-23(31)16-8-7-9-17(25)14-16/h2-14,29H,1H3,(H,28,31)/b27-22+. The average Bonchev–Trinajstić information content (AvgIpc) is 3.09. The Morgan fingerprint density at radius 2 is 1.75 bits per heavy atom. The lowest BCUT2D eigenvalue weighted by molar-refractivity contribution is 0.0955. The number of aromatic amines is 1. The molecule has 1 heterocycles. The lowest BCUT2D eigenvalue weighted by Crippen LogP contribution is -2.26. The highest BCUT2D eigenvalue weighted by molar-refractivity contribution is 9.10. The molecule has 0 fully saturated rings. The van der Waals surface area contributed by atoms with E-state index in [0.717, 1.165) is 4.47 Å². The van der Waals surface area contributed by atoms with E-state index >= 15 is 0 Å². The number of hydrogen-bond acceptors (Lipinski definition) is 3. The van der Waals surface area contributed by atoms with Gasteiger partial charge in [-0.05, 0) is 49.4 Å². The van der Waals surface area contributed by atoms with Gasteiger partial charge in [0.2, 0.25) is 0 Å². The molecule has 0 aliphatic carbocycles. The van der Waals surface area contributed by atoms with Crippen LogP contribution in [0.1, 0.15) is 27.2 Å². The van der Waals surface area contributed by atoms with Crippen LogP contribution in [0, 0.1) is 12.7 Å². The second-order valence-electron chi connectivity index (χ2n) is 6.98. The zero-order valence-corrected chi connectivity index (χ0v) is 18.6. The summed E-state index contributed by atoms with van der Waals surface area (Å²) >= 11 is 3.32. The Hall–Kier alpha value is -3.78. The van der Waals surface area contributed by atoms with Gasteiger partial charge in [-0.3, -0.25) is 14.7 Å². The largest absolute Gasteiger partial charge is 0.295 e. The molecular weight excluding hydrogens is 475 g/mol. The Morgan fingerprint density at radius 3 is 2.47 bits per heavy atom. The van der Waals surface area contributed by atoms with E-state index in [9.17, 15) is 14.0 Å². The van der Waals surface area contributed by atoms with Crippen LogP contribution in [-0.2, 0) is 0 Å². The number of H-pyrrole nitrogens is 1. The zero-order chi connectivity index (χ0) is 22.7. The maximum Gasteiger partial charge on any atom is 0.281 e. The van der Waals surface area contributed by atoms with Crippen molar-refractivity contribution in [3.8, 4) is 5.69 Å². The van der Waals surface area contributed by atoms with Gasteiger partial charge in [0.15, 0.2) is 0 Å². The number of hydrogen-bond donors (Lipinski definition) is 2. The molecule has 4 aromatic rings. The van der Waals surface area contributed by atoms with Gasteiger partial charge in [-0.1, -0.05) is 52.3 Å². The number of nitrogens with zero attached hydrogens (tertiary/aromatic N) is 2. The lowest BCUT2D eigenvalue weighted by Gasteiger charge is -2.08. The summed E-state index contributed by atoms with van der Waals surface area (Å²) in [5.74, 6) is -1.05. The molecule has 32 heavy (non-hydrogen) atoms. The quantitative estimate of drug-likeness (QED) is 0.316.